The molecule has 2 fully saturated rings. The Balaban J connectivity index is 1.35. The van der Waals surface area contributed by atoms with Gasteiger partial charge in [0.1, 0.15) is 11.2 Å². The molecule has 0 radical (unpaired) electrons. The van der Waals surface area contributed by atoms with E-state index in [-0.39, 0.29) is 42.7 Å². The van der Waals surface area contributed by atoms with Crippen molar-refractivity contribution in [3.63, 3.8) is 0 Å². The molecule has 3 aliphatic heterocycles. The number of urea groups is 1. The molecule has 6 rings (SSSR count). The average molecular weight is 527 g/mol. The molecule has 4 heterocycles. The van der Waals surface area contributed by atoms with Crippen LogP contribution in [0.25, 0.3) is 0 Å². The van der Waals surface area contributed by atoms with E-state index >= 15 is 0 Å². The first-order chi connectivity index (χ1) is 18.8. The number of aromatic hydroxyl groups is 1. The van der Waals surface area contributed by atoms with E-state index in [1.807, 2.05) is 41.0 Å². The number of phenols is 1. The number of pyridine rings is 1. The number of amides is 4. The number of piperidine rings is 1. The zero-order valence-electron chi connectivity index (χ0n) is 21.5. The minimum Gasteiger partial charge on any atom is -0.508 e. The van der Waals surface area contributed by atoms with Crippen LogP contribution in [0.2, 0.25) is 0 Å². The Hall–Kier alpha value is -4.24. The Kier molecular flexibility index (Phi) is 6.31. The van der Waals surface area contributed by atoms with Crippen molar-refractivity contribution < 1.29 is 19.5 Å². The molecule has 200 valence electrons. The first kappa shape index (κ1) is 25.1. The van der Waals surface area contributed by atoms with Crippen LogP contribution < -0.4 is 10.9 Å². The lowest BCUT2D eigenvalue weighted by atomic mass is 9.75. The van der Waals surface area contributed by atoms with E-state index in [0.29, 0.717) is 25.2 Å². The van der Waals surface area contributed by atoms with Crippen molar-refractivity contribution in [2.75, 3.05) is 19.6 Å². The summed E-state index contributed by atoms with van der Waals surface area (Å²) < 4.78 is 1.85. The number of nitrogens with one attached hydrogen (secondary N) is 1. The molecule has 0 spiro atoms. The van der Waals surface area contributed by atoms with Gasteiger partial charge in [-0.3, -0.25) is 24.6 Å². The van der Waals surface area contributed by atoms with Crippen molar-refractivity contribution in [2.45, 2.75) is 31.8 Å². The molecule has 9 nitrogen and oxygen atoms in total. The van der Waals surface area contributed by atoms with Crippen LogP contribution in [0, 0.1) is 11.3 Å². The van der Waals surface area contributed by atoms with Gasteiger partial charge in [-0.1, -0.05) is 48.5 Å². The van der Waals surface area contributed by atoms with Gasteiger partial charge in [0.2, 0.25) is 11.8 Å². The molecule has 0 aliphatic carbocycles. The number of carbonyl (C=O) groups excluding carboxylic acids is 3. The van der Waals surface area contributed by atoms with Gasteiger partial charge in [-0.25, -0.2) is 4.79 Å². The normalized spacial score (nSPS) is 24.8. The van der Waals surface area contributed by atoms with Crippen LogP contribution in [0.15, 0.2) is 77.6 Å². The first-order valence-corrected chi connectivity index (χ1v) is 13.2. The molecule has 2 aromatic carbocycles. The Bertz CT molecular complexity index is 1490. The number of imide groups is 2. The smallest absolute Gasteiger partial charge is 0.331 e. The van der Waals surface area contributed by atoms with Crippen LogP contribution >= 0.6 is 0 Å². The summed E-state index contributed by atoms with van der Waals surface area (Å²) in [5.74, 6) is -0.722. The number of hydrogen-bond donors (Lipinski definition) is 2. The van der Waals surface area contributed by atoms with Gasteiger partial charge in [0.15, 0.2) is 0 Å². The van der Waals surface area contributed by atoms with Crippen molar-refractivity contribution in [3.05, 3.63) is 100.0 Å². The minimum absolute atomic E-state index is 0.00338. The van der Waals surface area contributed by atoms with Gasteiger partial charge in [0.25, 0.3) is 5.56 Å². The molecule has 39 heavy (non-hydrogen) atoms. The van der Waals surface area contributed by atoms with Gasteiger partial charge < -0.3 is 14.6 Å². The van der Waals surface area contributed by atoms with Crippen LogP contribution in [0.4, 0.5) is 4.79 Å². The standard InChI is InChI=1S/C30H30N4O5/c35-24-11-9-20(10-12-24)14-30(27(37)31-29(39)34(28(30)38)16-21-5-2-1-3-6-21)19-32-15-22-13-23(18-32)25-7-4-8-26(36)33(25)17-22/h1-12,22-23,35H,13-19H2,(H,31,37,39)/t22-,23+,30+/m0/s1. The molecule has 2 saturated heterocycles. The number of nitrogens with zero attached hydrogens (tertiary/aromatic N) is 3. The summed E-state index contributed by atoms with van der Waals surface area (Å²) in [6, 6.07) is 20.3. The summed E-state index contributed by atoms with van der Waals surface area (Å²) in [6.45, 7) is 2.04. The summed E-state index contributed by atoms with van der Waals surface area (Å²) in [6.07, 6.45) is 1.03. The second kappa shape index (κ2) is 9.81. The van der Waals surface area contributed by atoms with Crippen molar-refractivity contribution in [1.82, 2.24) is 19.7 Å². The third-order valence-electron chi connectivity index (χ3n) is 8.23. The summed E-state index contributed by atoms with van der Waals surface area (Å²) in [5, 5.41) is 12.3. The van der Waals surface area contributed by atoms with Crippen molar-refractivity contribution >= 4 is 17.8 Å². The van der Waals surface area contributed by atoms with Gasteiger partial charge in [-0.2, -0.15) is 0 Å². The molecule has 3 aromatic rings. The fraction of sp³-hybridized carbons (Fsp3) is 0.333. The zero-order valence-corrected chi connectivity index (χ0v) is 21.5. The number of benzene rings is 2. The number of hydrogen-bond acceptors (Lipinski definition) is 6. The molecule has 0 unspecified atom stereocenters. The Morgan fingerprint density at radius 1 is 0.846 bits per heavy atom. The van der Waals surface area contributed by atoms with Gasteiger partial charge in [-0.05, 0) is 48.1 Å². The number of likely N-dealkylation sites (tertiary alicyclic amines) is 1. The van der Waals surface area contributed by atoms with Gasteiger partial charge in [0.05, 0.1) is 6.54 Å². The number of barbiturate groups is 1. The largest absolute Gasteiger partial charge is 0.508 e. The number of fused-ring (bicyclic) bond motifs is 4. The molecule has 1 aromatic heterocycles. The highest BCUT2D eigenvalue weighted by atomic mass is 16.3. The predicted molar refractivity (Wildman–Crippen MR) is 143 cm³/mol. The quantitative estimate of drug-likeness (QED) is 0.478. The molecular weight excluding hydrogens is 496 g/mol. The van der Waals surface area contributed by atoms with Crippen molar-refractivity contribution in [1.29, 1.82) is 0 Å². The minimum atomic E-state index is -1.54. The van der Waals surface area contributed by atoms with Crippen LogP contribution in [0.1, 0.15) is 29.2 Å². The summed E-state index contributed by atoms with van der Waals surface area (Å²) >= 11 is 0. The Morgan fingerprint density at radius 3 is 2.38 bits per heavy atom. The highest BCUT2D eigenvalue weighted by Crippen LogP contribution is 2.38. The maximum absolute atomic E-state index is 14.2. The topological polar surface area (TPSA) is 112 Å². The van der Waals surface area contributed by atoms with E-state index in [4.69, 9.17) is 0 Å². The summed E-state index contributed by atoms with van der Waals surface area (Å²) in [4.78, 5) is 56.6. The number of phenolic OH excluding ortho intramolecular Hbond substituents is 1. The third-order valence-corrected chi connectivity index (χ3v) is 8.23. The molecular formula is C30H30N4O5. The zero-order chi connectivity index (χ0) is 27.1. The van der Waals surface area contributed by atoms with E-state index in [1.54, 1.807) is 24.3 Å². The lowest BCUT2D eigenvalue weighted by Crippen LogP contribution is -2.67. The lowest BCUT2D eigenvalue weighted by molar-refractivity contribution is -0.154. The summed E-state index contributed by atoms with van der Waals surface area (Å²) in [7, 11) is 0. The Morgan fingerprint density at radius 2 is 1.62 bits per heavy atom. The maximum Gasteiger partial charge on any atom is 0.331 e. The average Bonchev–Trinajstić information content (AvgIpc) is 2.92. The lowest BCUT2D eigenvalue weighted by Gasteiger charge is -2.47. The molecule has 0 saturated carbocycles. The summed E-state index contributed by atoms with van der Waals surface area (Å²) in [5.41, 5.74) is 0.928. The highest BCUT2D eigenvalue weighted by molar-refractivity contribution is 6.19. The van der Waals surface area contributed by atoms with Crippen molar-refractivity contribution in [2.24, 2.45) is 11.3 Å². The Labute approximate surface area is 225 Å². The van der Waals surface area contributed by atoms with Crippen LogP contribution in [-0.4, -0.2) is 57.0 Å². The molecule has 9 heteroatoms. The molecule has 3 atom stereocenters. The van der Waals surface area contributed by atoms with Gasteiger partial charge in [0, 0.05) is 43.9 Å². The second-order valence-corrected chi connectivity index (χ2v) is 11.0. The van der Waals surface area contributed by atoms with Crippen LogP contribution in [0.5, 0.6) is 5.75 Å². The number of carbonyl (C=O) groups is 3. The fourth-order valence-electron chi connectivity index (χ4n) is 6.46. The van der Waals surface area contributed by atoms with Gasteiger partial charge >= 0.3 is 6.03 Å². The molecule has 3 aliphatic rings. The second-order valence-electron chi connectivity index (χ2n) is 11.0. The fourth-order valence-corrected chi connectivity index (χ4v) is 6.46. The van der Waals surface area contributed by atoms with Gasteiger partial charge in [-0.15, -0.1) is 0 Å². The van der Waals surface area contributed by atoms with Crippen molar-refractivity contribution in [3.8, 4) is 5.75 Å². The SMILES string of the molecule is O=C1NC(=O)[C@@](Cc2ccc(O)cc2)(CN2C[C@@H]3C[C@H](C2)c2cccc(=O)n2C3)C(=O)N1Cc1ccccc1. The monoisotopic (exact) mass is 526 g/mol. The van der Waals surface area contributed by atoms with E-state index in [0.717, 1.165) is 22.6 Å². The van der Waals surface area contributed by atoms with E-state index < -0.39 is 23.3 Å². The molecule has 2 N–H and O–H groups in total. The molecule has 4 amide bonds. The number of rotatable bonds is 6. The third kappa shape index (κ3) is 4.63. The van der Waals surface area contributed by atoms with E-state index in [1.165, 1.54) is 12.1 Å². The highest BCUT2D eigenvalue weighted by Gasteiger charge is 2.55. The maximum atomic E-state index is 14.2. The van der Waals surface area contributed by atoms with E-state index in [9.17, 15) is 24.3 Å². The van der Waals surface area contributed by atoms with E-state index in [2.05, 4.69) is 10.2 Å². The van der Waals surface area contributed by atoms with Crippen LogP contribution in [-0.2, 0) is 29.1 Å². The first-order valence-electron chi connectivity index (χ1n) is 13.2. The number of aromatic nitrogens is 1. The predicted octanol–water partition coefficient (Wildman–Crippen LogP) is 2.48. The van der Waals surface area contributed by atoms with Crippen LogP contribution in [0.3, 0.4) is 0 Å². The molecule has 2 bridgehead atoms.